The van der Waals surface area contributed by atoms with Gasteiger partial charge in [-0.15, -0.1) is 0 Å². The molecule has 15 heavy (non-hydrogen) atoms. The number of nitrogens with zero attached hydrogens (tertiary/aromatic N) is 1. The number of nitrogens with one attached hydrogen (secondary N) is 1. The van der Waals surface area contributed by atoms with Crippen molar-refractivity contribution in [2.75, 3.05) is 13.6 Å². The maximum absolute atomic E-state index is 11.3. The molecule has 0 spiro atoms. The van der Waals surface area contributed by atoms with E-state index in [4.69, 9.17) is 0 Å². The van der Waals surface area contributed by atoms with Crippen LogP contribution in [0.5, 0.6) is 0 Å². The van der Waals surface area contributed by atoms with Crippen LogP contribution in [0.3, 0.4) is 0 Å². The van der Waals surface area contributed by atoms with E-state index in [0.29, 0.717) is 18.7 Å². The lowest BCUT2D eigenvalue weighted by molar-refractivity contribution is -0.143. The van der Waals surface area contributed by atoms with E-state index in [1.165, 1.54) is 0 Å². The average Bonchev–Trinajstić information content (AvgIpc) is 2.27. The maximum atomic E-state index is 11.3. The lowest BCUT2D eigenvalue weighted by Gasteiger charge is -2.23. The van der Waals surface area contributed by atoms with Crippen LogP contribution in [0, 0.1) is 0 Å². The van der Waals surface area contributed by atoms with Crippen molar-refractivity contribution in [3.63, 3.8) is 0 Å². The molecule has 4 heteroatoms. The second-order valence-electron chi connectivity index (χ2n) is 3.71. The van der Waals surface area contributed by atoms with E-state index >= 15 is 0 Å². The Morgan fingerprint density at radius 1 is 1.60 bits per heavy atom. The van der Waals surface area contributed by atoms with Crippen molar-refractivity contribution in [3.05, 3.63) is 30.1 Å². The fourth-order valence-corrected chi connectivity index (χ4v) is 1.41. The fraction of sp³-hybridized carbons (Fsp3) is 0.455. The molecule has 0 saturated carbocycles. The number of aromatic nitrogens is 1. The fourth-order valence-electron chi connectivity index (χ4n) is 1.41. The molecule has 0 aliphatic heterocycles. The van der Waals surface area contributed by atoms with Crippen molar-refractivity contribution in [3.8, 4) is 0 Å². The van der Waals surface area contributed by atoms with Crippen molar-refractivity contribution in [2.24, 2.45) is 0 Å². The quantitative estimate of drug-likeness (QED) is 0.758. The first-order chi connectivity index (χ1) is 7.11. The Morgan fingerprint density at radius 2 is 2.33 bits per heavy atom. The van der Waals surface area contributed by atoms with Gasteiger partial charge in [0.2, 0.25) is 0 Å². The van der Waals surface area contributed by atoms with Crippen LogP contribution in [-0.2, 0) is 10.2 Å². The largest absolute Gasteiger partial charge is 0.481 e. The Kier molecular flexibility index (Phi) is 3.80. The lowest BCUT2D eigenvalue weighted by atomic mass is 9.83. The standard InChI is InChI=1S/C11H16N2O2/c1-11(10(14)15,6-8-12-2)9-5-3-4-7-13-9/h3-5,7,12H,6,8H2,1-2H3,(H,14,15). The topological polar surface area (TPSA) is 62.2 Å². The molecule has 0 aliphatic carbocycles. The van der Waals surface area contributed by atoms with Gasteiger partial charge in [0.15, 0.2) is 0 Å². The molecule has 82 valence electrons. The number of carboxylic acids is 1. The van der Waals surface area contributed by atoms with Gasteiger partial charge in [-0.05, 0) is 39.1 Å². The van der Waals surface area contributed by atoms with Gasteiger partial charge in [-0.25, -0.2) is 0 Å². The zero-order chi connectivity index (χ0) is 11.3. The summed E-state index contributed by atoms with van der Waals surface area (Å²) in [5.41, 5.74) is -0.308. The minimum Gasteiger partial charge on any atom is -0.481 e. The summed E-state index contributed by atoms with van der Waals surface area (Å²) in [4.78, 5) is 15.4. The monoisotopic (exact) mass is 208 g/mol. The van der Waals surface area contributed by atoms with Crippen LogP contribution in [0.25, 0.3) is 0 Å². The van der Waals surface area contributed by atoms with Gasteiger partial charge >= 0.3 is 5.97 Å². The molecule has 1 unspecified atom stereocenters. The highest BCUT2D eigenvalue weighted by atomic mass is 16.4. The van der Waals surface area contributed by atoms with Gasteiger partial charge in [0.05, 0.1) is 5.69 Å². The number of aliphatic carboxylic acids is 1. The zero-order valence-corrected chi connectivity index (χ0v) is 9.03. The molecule has 2 N–H and O–H groups in total. The van der Waals surface area contributed by atoms with Gasteiger partial charge in [0, 0.05) is 6.20 Å². The third-order valence-electron chi connectivity index (χ3n) is 2.58. The Morgan fingerprint density at radius 3 is 2.80 bits per heavy atom. The number of carboxylic acid groups (broad SMARTS) is 1. The molecule has 0 amide bonds. The van der Waals surface area contributed by atoms with E-state index in [2.05, 4.69) is 10.3 Å². The molecule has 1 aromatic rings. The molecule has 0 bridgehead atoms. The molecule has 0 saturated heterocycles. The summed E-state index contributed by atoms with van der Waals surface area (Å²) in [5, 5.41) is 12.2. The van der Waals surface area contributed by atoms with Crippen LogP contribution < -0.4 is 5.32 Å². The summed E-state index contributed by atoms with van der Waals surface area (Å²) in [6, 6.07) is 5.34. The van der Waals surface area contributed by atoms with Gasteiger partial charge < -0.3 is 10.4 Å². The van der Waals surface area contributed by atoms with E-state index in [1.807, 2.05) is 6.07 Å². The number of hydrogen-bond donors (Lipinski definition) is 2. The van der Waals surface area contributed by atoms with Crippen LogP contribution >= 0.6 is 0 Å². The van der Waals surface area contributed by atoms with Gasteiger partial charge in [-0.2, -0.15) is 0 Å². The van der Waals surface area contributed by atoms with Gasteiger partial charge in [-0.3, -0.25) is 9.78 Å². The minimum atomic E-state index is -0.912. The normalized spacial score (nSPS) is 14.5. The summed E-state index contributed by atoms with van der Waals surface area (Å²) in [5.74, 6) is -0.837. The molecule has 0 fully saturated rings. The second kappa shape index (κ2) is 4.89. The van der Waals surface area contributed by atoms with Crippen LogP contribution in [0.2, 0.25) is 0 Å². The minimum absolute atomic E-state index is 0.524. The van der Waals surface area contributed by atoms with Crippen LogP contribution in [0.15, 0.2) is 24.4 Å². The maximum Gasteiger partial charge on any atom is 0.315 e. The van der Waals surface area contributed by atoms with E-state index in [0.717, 1.165) is 0 Å². The highest BCUT2D eigenvalue weighted by molar-refractivity contribution is 5.80. The Bertz CT molecular complexity index is 327. The van der Waals surface area contributed by atoms with E-state index in [9.17, 15) is 9.90 Å². The van der Waals surface area contributed by atoms with Crippen molar-refractivity contribution in [1.29, 1.82) is 0 Å². The molecule has 0 aromatic carbocycles. The summed E-state index contributed by atoms with van der Waals surface area (Å²) < 4.78 is 0. The molecule has 1 heterocycles. The third kappa shape index (κ3) is 2.53. The van der Waals surface area contributed by atoms with Crippen molar-refractivity contribution in [2.45, 2.75) is 18.8 Å². The molecule has 4 nitrogen and oxygen atoms in total. The van der Waals surface area contributed by atoms with Crippen molar-refractivity contribution >= 4 is 5.97 Å². The van der Waals surface area contributed by atoms with Crippen LogP contribution in [0.1, 0.15) is 19.0 Å². The van der Waals surface area contributed by atoms with Crippen LogP contribution in [-0.4, -0.2) is 29.7 Å². The number of pyridine rings is 1. The predicted octanol–water partition coefficient (Wildman–Crippen LogP) is 1.03. The van der Waals surface area contributed by atoms with Crippen LogP contribution in [0.4, 0.5) is 0 Å². The molecule has 0 radical (unpaired) electrons. The second-order valence-corrected chi connectivity index (χ2v) is 3.71. The first-order valence-electron chi connectivity index (χ1n) is 4.91. The number of rotatable bonds is 5. The Labute approximate surface area is 89.3 Å². The molecular weight excluding hydrogens is 192 g/mol. The molecule has 1 aromatic heterocycles. The summed E-state index contributed by atoms with van der Waals surface area (Å²) >= 11 is 0. The average molecular weight is 208 g/mol. The van der Waals surface area contributed by atoms with E-state index in [-0.39, 0.29) is 0 Å². The van der Waals surface area contributed by atoms with E-state index in [1.54, 1.807) is 32.3 Å². The molecular formula is C11H16N2O2. The SMILES string of the molecule is CNCCC(C)(C(=O)O)c1ccccn1. The third-order valence-corrected chi connectivity index (χ3v) is 2.58. The first kappa shape index (κ1) is 11.7. The molecule has 0 aliphatic rings. The molecule has 1 atom stereocenters. The van der Waals surface area contributed by atoms with Crippen molar-refractivity contribution in [1.82, 2.24) is 10.3 Å². The Hall–Kier alpha value is -1.42. The number of hydrogen-bond acceptors (Lipinski definition) is 3. The summed E-state index contributed by atoms with van der Waals surface area (Å²) in [7, 11) is 1.81. The Balaban J connectivity index is 2.96. The van der Waals surface area contributed by atoms with Crippen molar-refractivity contribution < 1.29 is 9.90 Å². The highest BCUT2D eigenvalue weighted by Gasteiger charge is 2.35. The smallest absolute Gasteiger partial charge is 0.315 e. The first-order valence-corrected chi connectivity index (χ1v) is 4.91. The summed E-state index contributed by atoms with van der Waals surface area (Å²) in [6.07, 6.45) is 2.14. The summed E-state index contributed by atoms with van der Waals surface area (Å²) in [6.45, 7) is 2.36. The van der Waals surface area contributed by atoms with Gasteiger partial charge in [0.25, 0.3) is 0 Å². The van der Waals surface area contributed by atoms with Gasteiger partial charge in [-0.1, -0.05) is 6.07 Å². The highest BCUT2D eigenvalue weighted by Crippen LogP contribution is 2.25. The predicted molar refractivity (Wildman–Crippen MR) is 57.8 cm³/mol. The number of carbonyl (C=O) groups is 1. The lowest BCUT2D eigenvalue weighted by Crippen LogP contribution is -2.36. The van der Waals surface area contributed by atoms with Gasteiger partial charge in [0.1, 0.15) is 5.41 Å². The van der Waals surface area contributed by atoms with E-state index < -0.39 is 11.4 Å². The zero-order valence-electron chi connectivity index (χ0n) is 9.03. The molecule has 1 rings (SSSR count).